The molecule has 0 radical (unpaired) electrons. The minimum atomic E-state index is 0.753. The van der Waals surface area contributed by atoms with Crippen LogP contribution in [0.25, 0.3) is 82.2 Å². The van der Waals surface area contributed by atoms with E-state index in [1.807, 2.05) is 12.1 Å². The second kappa shape index (κ2) is 8.62. The van der Waals surface area contributed by atoms with Gasteiger partial charge in [-0.15, -0.1) is 0 Å². The molecule has 0 unspecified atom stereocenters. The quantitative estimate of drug-likeness (QED) is 0.223. The Labute approximate surface area is 238 Å². The normalized spacial score (nSPS) is 11.9. The van der Waals surface area contributed by atoms with Gasteiger partial charge in [0, 0.05) is 38.4 Å². The minimum Gasteiger partial charge on any atom is -0.456 e. The van der Waals surface area contributed by atoms with Crippen LogP contribution in [0.2, 0.25) is 0 Å². The largest absolute Gasteiger partial charge is 0.456 e. The van der Waals surface area contributed by atoms with Crippen molar-refractivity contribution in [1.82, 2.24) is 13.9 Å². The molecule has 0 bridgehead atoms. The Morgan fingerprint density at radius 1 is 0.561 bits per heavy atom. The van der Waals surface area contributed by atoms with Gasteiger partial charge < -0.3 is 8.98 Å². The maximum absolute atomic E-state index is 6.10. The van der Waals surface area contributed by atoms with E-state index in [-0.39, 0.29) is 0 Å². The lowest BCUT2D eigenvalue weighted by molar-refractivity contribution is 0.669. The van der Waals surface area contributed by atoms with Gasteiger partial charge in [-0.25, -0.2) is 4.98 Å². The molecule has 9 aromatic rings. The zero-order chi connectivity index (χ0) is 26.9. The van der Waals surface area contributed by atoms with E-state index in [2.05, 4.69) is 120 Å². The van der Waals surface area contributed by atoms with E-state index < -0.39 is 0 Å². The molecule has 0 N–H and O–H groups in total. The van der Waals surface area contributed by atoms with Gasteiger partial charge >= 0.3 is 0 Å². The first-order valence-electron chi connectivity index (χ1n) is 13.6. The molecule has 0 aliphatic heterocycles. The summed E-state index contributed by atoms with van der Waals surface area (Å²) in [5.41, 5.74) is 7.35. The highest BCUT2D eigenvalue weighted by Gasteiger charge is 2.17. The van der Waals surface area contributed by atoms with E-state index in [0.29, 0.717) is 0 Å². The number of hydrogen-bond acceptors (Lipinski definition) is 4. The molecule has 0 amide bonds. The van der Waals surface area contributed by atoms with Crippen LogP contribution in [-0.4, -0.2) is 13.9 Å². The number of rotatable bonds is 3. The number of nitrogens with zero attached hydrogens (tertiary/aromatic N) is 3. The Hall–Kier alpha value is -5.26. The molecule has 6 aromatic carbocycles. The van der Waals surface area contributed by atoms with Crippen molar-refractivity contribution in [3.05, 3.63) is 127 Å². The highest BCUT2D eigenvalue weighted by molar-refractivity contribution is 7.09. The molecule has 5 heteroatoms. The molecule has 9 rings (SSSR count). The first kappa shape index (κ1) is 22.5. The molecule has 0 saturated heterocycles. The van der Waals surface area contributed by atoms with Crippen LogP contribution >= 0.6 is 11.5 Å². The molecule has 0 saturated carbocycles. The molecule has 3 aromatic heterocycles. The third kappa shape index (κ3) is 3.39. The number of fused-ring (bicyclic) bond motifs is 7. The second-order valence-corrected chi connectivity index (χ2v) is 11.1. The smallest absolute Gasteiger partial charge is 0.173 e. The van der Waals surface area contributed by atoms with Gasteiger partial charge in [-0.1, -0.05) is 78.9 Å². The summed E-state index contributed by atoms with van der Waals surface area (Å²) >= 11 is 1.45. The Morgan fingerprint density at radius 2 is 1.32 bits per heavy atom. The number of furan rings is 1. The molecule has 4 nitrogen and oxygen atoms in total. The van der Waals surface area contributed by atoms with Crippen molar-refractivity contribution in [1.29, 1.82) is 0 Å². The molecule has 0 atom stereocenters. The molecule has 192 valence electrons. The molecule has 0 fully saturated rings. The molecule has 41 heavy (non-hydrogen) atoms. The van der Waals surface area contributed by atoms with E-state index in [1.165, 1.54) is 33.1 Å². The van der Waals surface area contributed by atoms with Gasteiger partial charge in [0.25, 0.3) is 0 Å². The lowest BCUT2D eigenvalue weighted by Crippen LogP contribution is -1.93. The molecule has 3 heterocycles. The number of para-hydroxylation sites is 2. The fraction of sp³-hybridized carbons (Fsp3) is 0. The fourth-order valence-electron chi connectivity index (χ4n) is 6.11. The van der Waals surface area contributed by atoms with E-state index in [0.717, 1.165) is 60.6 Å². The van der Waals surface area contributed by atoms with Crippen LogP contribution < -0.4 is 0 Å². The maximum Gasteiger partial charge on any atom is 0.173 e. The Morgan fingerprint density at radius 3 is 2.27 bits per heavy atom. The van der Waals surface area contributed by atoms with Crippen LogP contribution in [0.1, 0.15) is 0 Å². The van der Waals surface area contributed by atoms with Crippen molar-refractivity contribution in [3.8, 4) is 27.6 Å². The standard InChI is InChI=1S/C36H21N3OS/c1-2-10-25-22(8-1)9-7-13-28(25)36-37-35(38-41-36)23-16-18-32-29(20-23)26-11-3-5-14-31(26)39(32)24-17-19-34-30(21-24)27-12-4-6-15-33(27)40-34/h1-21H. The van der Waals surface area contributed by atoms with Gasteiger partial charge in [-0.05, 0) is 70.8 Å². The van der Waals surface area contributed by atoms with E-state index in [4.69, 9.17) is 13.8 Å². The molecule has 0 spiro atoms. The van der Waals surface area contributed by atoms with Gasteiger partial charge in [0.2, 0.25) is 0 Å². The van der Waals surface area contributed by atoms with Gasteiger partial charge in [-0.3, -0.25) is 0 Å². The van der Waals surface area contributed by atoms with Crippen LogP contribution in [0.15, 0.2) is 132 Å². The van der Waals surface area contributed by atoms with Gasteiger partial charge in [0.1, 0.15) is 16.2 Å². The van der Waals surface area contributed by atoms with Crippen molar-refractivity contribution in [2.75, 3.05) is 0 Å². The summed E-state index contributed by atoms with van der Waals surface area (Å²) in [6.45, 7) is 0. The van der Waals surface area contributed by atoms with Crippen molar-refractivity contribution in [2.45, 2.75) is 0 Å². The third-order valence-electron chi connectivity index (χ3n) is 8.00. The molecular formula is C36H21N3OS. The Balaban J connectivity index is 1.21. The van der Waals surface area contributed by atoms with Crippen LogP contribution in [0.3, 0.4) is 0 Å². The monoisotopic (exact) mass is 543 g/mol. The fourth-order valence-corrected chi connectivity index (χ4v) is 6.83. The minimum absolute atomic E-state index is 0.753. The number of benzene rings is 6. The molecular weight excluding hydrogens is 522 g/mol. The van der Waals surface area contributed by atoms with E-state index in [1.54, 1.807) is 0 Å². The maximum atomic E-state index is 6.10. The van der Waals surface area contributed by atoms with E-state index in [9.17, 15) is 0 Å². The number of aromatic nitrogens is 3. The average molecular weight is 544 g/mol. The highest BCUT2D eigenvalue weighted by Crippen LogP contribution is 2.38. The van der Waals surface area contributed by atoms with Crippen LogP contribution in [0, 0.1) is 0 Å². The number of hydrogen-bond donors (Lipinski definition) is 0. The van der Waals surface area contributed by atoms with E-state index >= 15 is 0 Å². The molecule has 0 aliphatic rings. The summed E-state index contributed by atoms with van der Waals surface area (Å²) < 4.78 is 13.2. The average Bonchev–Trinajstić information content (AvgIpc) is 3.74. The van der Waals surface area contributed by atoms with Gasteiger partial charge in [0.15, 0.2) is 5.82 Å². The zero-order valence-electron chi connectivity index (χ0n) is 21.8. The highest BCUT2D eigenvalue weighted by atomic mass is 32.1. The summed E-state index contributed by atoms with van der Waals surface area (Å²) in [5, 5.41) is 7.95. The summed E-state index contributed by atoms with van der Waals surface area (Å²) in [6, 6.07) is 44.6. The predicted octanol–water partition coefficient (Wildman–Crippen LogP) is 10.0. The lowest BCUT2D eigenvalue weighted by Gasteiger charge is -2.08. The molecule has 0 aliphatic carbocycles. The summed E-state index contributed by atoms with van der Waals surface area (Å²) in [7, 11) is 0. The van der Waals surface area contributed by atoms with Crippen LogP contribution in [0.4, 0.5) is 0 Å². The zero-order valence-corrected chi connectivity index (χ0v) is 22.6. The first-order chi connectivity index (χ1) is 20.3. The van der Waals surface area contributed by atoms with Crippen molar-refractivity contribution >= 4 is 66.0 Å². The first-order valence-corrected chi connectivity index (χ1v) is 14.4. The summed E-state index contributed by atoms with van der Waals surface area (Å²) in [6.07, 6.45) is 0. The Bertz CT molecular complexity index is 2440. The Kier molecular flexibility index (Phi) is 4.74. The van der Waals surface area contributed by atoms with Crippen LogP contribution in [-0.2, 0) is 0 Å². The van der Waals surface area contributed by atoms with Crippen molar-refractivity contribution in [3.63, 3.8) is 0 Å². The van der Waals surface area contributed by atoms with Gasteiger partial charge in [-0.2, -0.15) is 4.37 Å². The third-order valence-corrected chi connectivity index (χ3v) is 8.74. The summed E-state index contributed by atoms with van der Waals surface area (Å²) in [5.74, 6) is 0.753. The van der Waals surface area contributed by atoms with Gasteiger partial charge in [0.05, 0.1) is 11.0 Å². The second-order valence-electron chi connectivity index (χ2n) is 10.3. The summed E-state index contributed by atoms with van der Waals surface area (Å²) in [4.78, 5) is 5.00. The SMILES string of the molecule is c1ccc2c(-c3nc(-c4ccc5c(c4)c4ccccc4n5-c4ccc5oc6ccccc6c5c4)ns3)cccc2c1. The predicted molar refractivity (Wildman–Crippen MR) is 170 cm³/mol. The van der Waals surface area contributed by atoms with Crippen LogP contribution in [0.5, 0.6) is 0 Å². The van der Waals surface area contributed by atoms with Crippen molar-refractivity contribution < 1.29 is 4.42 Å². The topological polar surface area (TPSA) is 43.9 Å². The lowest BCUT2D eigenvalue weighted by atomic mass is 10.1. The van der Waals surface area contributed by atoms with Crippen molar-refractivity contribution in [2.24, 2.45) is 0 Å².